The number of amides is 1. The molecule has 0 heterocycles. The van der Waals surface area contributed by atoms with Gasteiger partial charge in [0.15, 0.2) is 0 Å². The lowest BCUT2D eigenvalue weighted by Crippen LogP contribution is -2.35. The molecule has 0 bridgehead atoms. The van der Waals surface area contributed by atoms with Crippen LogP contribution >= 0.6 is 38.5 Å². The van der Waals surface area contributed by atoms with E-state index in [0.717, 1.165) is 8.04 Å². The molecule has 4 nitrogen and oxygen atoms in total. The first-order chi connectivity index (χ1) is 7.95. The maximum absolute atomic E-state index is 12.1. The maximum Gasteiger partial charge on any atom is 0.323 e. The number of benzene rings is 1. The van der Waals surface area contributed by atoms with Gasteiger partial charge in [0.05, 0.1) is 5.56 Å². The van der Waals surface area contributed by atoms with Crippen LogP contribution in [0.3, 0.4) is 0 Å². The van der Waals surface area contributed by atoms with Gasteiger partial charge in [-0.2, -0.15) is 0 Å². The van der Waals surface area contributed by atoms with Gasteiger partial charge in [-0.05, 0) is 47.7 Å². The molecule has 17 heavy (non-hydrogen) atoms. The third kappa shape index (κ3) is 3.95. The first kappa shape index (κ1) is 14.4. The van der Waals surface area contributed by atoms with Gasteiger partial charge in [0.25, 0.3) is 5.91 Å². The Morgan fingerprint density at radius 3 is 2.65 bits per heavy atom. The van der Waals surface area contributed by atoms with Crippen LogP contribution in [0, 0.1) is 3.57 Å². The topological polar surface area (TPSA) is 57.6 Å². The van der Waals surface area contributed by atoms with E-state index < -0.39 is 5.97 Å². The average molecular weight is 412 g/mol. The molecule has 92 valence electrons. The van der Waals surface area contributed by atoms with Gasteiger partial charge in [0, 0.05) is 14.6 Å². The summed E-state index contributed by atoms with van der Waals surface area (Å²) in [6.45, 7) is 1.84. The van der Waals surface area contributed by atoms with Crippen molar-refractivity contribution in [3.63, 3.8) is 0 Å². The predicted molar refractivity (Wildman–Crippen MR) is 76.1 cm³/mol. The Morgan fingerprint density at radius 1 is 1.47 bits per heavy atom. The molecule has 0 aromatic heterocycles. The van der Waals surface area contributed by atoms with E-state index in [1.807, 2.05) is 12.1 Å². The molecule has 0 saturated carbocycles. The first-order valence-corrected chi connectivity index (χ1v) is 6.79. The Labute approximate surface area is 121 Å². The molecule has 1 amide bonds. The second-order valence-electron chi connectivity index (χ2n) is 3.34. The van der Waals surface area contributed by atoms with Crippen LogP contribution in [0.5, 0.6) is 0 Å². The van der Waals surface area contributed by atoms with Gasteiger partial charge in [-0.15, -0.1) is 0 Å². The summed E-state index contributed by atoms with van der Waals surface area (Å²) in [6.07, 6.45) is 0. The fourth-order valence-corrected chi connectivity index (χ4v) is 2.25. The number of aliphatic carboxylic acids is 1. The molecule has 0 radical (unpaired) electrons. The Balaban J connectivity index is 3.01. The molecule has 1 rings (SSSR count). The molecule has 0 spiro atoms. The number of halogens is 2. The molecule has 1 aromatic rings. The molecule has 0 aliphatic rings. The number of hydrogen-bond acceptors (Lipinski definition) is 2. The largest absolute Gasteiger partial charge is 0.480 e. The van der Waals surface area contributed by atoms with Crippen molar-refractivity contribution in [3.8, 4) is 0 Å². The van der Waals surface area contributed by atoms with Gasteiger partial charge in [0.2, 0.25) is 0 Å². The second-order valence-corrected chi connectivity index (χ2v) is 5.42. The Kier molecular flexibility index (Phi) is 5.38. The van der Waals surface area contributed by atoms with E-state index in [0.29, 0.717) is 12.1 Å². The zero-order valence-electron chi connectivity index (χ0n) is 9.11. The lowest BCUT2D eigenvalue weighted by atomic mass is 10.2. The van der Waals surface area contributed by atoms with Crippen LogP contribution in [0.4, 0.5) is 0 Å². The lowest BCUT2D eigenvalue weighted by molar-refractivity contribution is -0.137. The summed E-state index contributed by atoms with van der Waals surface area (Å²) < 4.78 is 1.60. The average Bonchev–Trinajstić information content (AvgIpc) is 2.28. The summed E-state index contributed by atoms with van der Waals surface area (Å²) >= 11 is 5.36. The van der Waals surface area contributed by atoms with E-state index in [-0.39, 0.29) is 12.5 Å². The van der Waals surface area contributed by atoms with E-state index in [2.05, 4.69) is 38.5 Å². The molecule has 0 aliphatic carbocycles. The van der Waals surface area contributed by atoms with Gasteiger partial charge in [-0.1, -0.05) is 15.9 Å². The first-order valence-electron chi connectivity index (χ1n) is 4.91. The van der Waals surface area contributed by atoms with Crippen molar-refractivity contribution in [2.24, 2.45) is 0 Å². The van der Waals surface area contributed by atoms with Gasteiger partial charge >= 0.3 is 5.97 Å². The molecule has 0 unspecified atom stereocenters. The van der Waals surface area contributed by atoms with Crippen LogP contribution in [-0.4, -0.2) is 35.0 Å². The highest BCUT2D eigenvalue weighted by atomic mass is 127. The minimum absolute atomic E-state index is 0.263. The molecule has 0 aliphatic heterocycles. The number of carboxylic acid groups (broad SMARTS) is 1. The number of likely N-dealkylation sites (N-methyl/N-ethyl adjacent to an activating group) is 1. The third-order valence-corrected chi connectivity index (χ3v) is 3.59. The van der Waals surface area contributed by atoms with Crippen LogP contribution in [0.2, 0.25) is 0 Å². The minimum Gasteiger partial charge on any atom is -0.480 e. The molecule has 1 N–H and O–H groups in total. The van der Waals surface area contributed by atoms with Crippen molar-refractivity contribution in [1.29, 1.82) is 0 Å². The molecule has 0 saturated heterocycles. The number of carboxylic acids is 1. The summed E-state index contributed by atoms with van der Waals surface area (Å²) in [5.41, 5.74) is 0.517. The zero-order chi connectivity index (χ0) is 13.0. The number of nitrogens with zero attached hydrogens (tertiary/aromatic N) is 1. The lowest BCUT2D eigenvalue weighted by Gasteiger charge is -2.19. The smallest absolute Gasteiger partial charge is 0.323 e. The SMILES string of the molecule is CCN(CC(=O)O)C(=O)c1cc(Br)ccc1I. The highest BCUT2D eigenvalue weighted by Crippen LogP contribution is 2.19. The van der Waals surface area contributed by atoms with Crippen molar-refractivity contribution in [2.45, 2.75) is 6.92 Å². The van der Waals surface area contributed by atoms with E-state index in [4.69, 9.17) is 5.11 Å². The Hall–Kier alpha value is -0.630. The van der Waals surface area contributed by atoms with E-state index >= 15 is 0 Å². The Morgan fingerprint density at radius 2 is 2.12 bits per heavy atom. The minimum atomic E-state index is -1.01. The number of carbonyl (C=O) groups is 2. The number of rotatable bonds is 4. The van der Waals surface area contributed by atoms with Crippen molar-refractivity contribution in [1.82, 2.24) is 4.90 Å². The maximum atomic E-state index is 12.1. The number of carbonyl (C=O) groups excluding carboxylic acids is 1. The van der Waals surface area contributed by atoms with Crippen LogP contribution in [-0.2, 0) is 4.79 Å². The molecule has 0 atom stereocenters. The van der Waals surface area contributed by atoms with Gasteiger partial charge in [-0.25, -0.2) is 0 Å². The van der Waals surface area contributed by atoms with Gasteiger partial charge < -0.3 is 10.0 Å². The van der Waals surface area contributed by atoms with Crippen molar-refractivity contribution in [3.05, 3.63) is 31.8 Å². The van der Waals surface area contributed by atoms with Crippen LogP contribution in [0.1, 0.15) is 17.3 Å². The van der Waals surface area contributed by atoms with Crippen molar-refractivity contribution in [2.75, 3.05) is 13.1 Å². The van der Waals surface area contributed by atoms with Gasteiger partial charge in [0.1, 0.15) is 6.54 Å². The van der Waals surface area contributed by atoms with E-state index in [1.54, 1.807) is 13.0 Å². The Bertz CT molecular complexity index is 450. The summed E-state index contributed by atoms with van der Waals surface area (Å²) in [5.74, 6) is -1.27. The van der Waals surface area contributed by atoms with Gasteiger partial charge in [-0.3, -0.25) is 9.59 Å². The monoisotopic (exact) mass is 411 g/mol. The normalized spacial score (nSPS) is 10.1. The highest BCUT2D eigenvalue weighted by molar-refractivity contribution is 14.1. The molecule has 6 heteroatoms. The van der Waals surface area contributed by atoms with Crippen LogP contribution in [0.25, 0.3) is 0 Å². The fraction of sp³-hybridized carbons (Fsp3) is 0.273. The molecule has 1 aromatic carbocycles. The third-order valence-electron chi connectivity index (χ3n) is 2.15. The standard InChI is InChI=1S/C11H11BrINO3/c1-2-14(6-10(15)16)11(17)8-5-7(12)3-4-9(8)13/h3-5H,2,6H2,1H3,(H,15,16). The molecular weight excluding hydrogens is 401 g/mol. The van der Waals surface area contributed by atoms with Crippen molar-refractivity contribution >= 4 is 50.4 Å². The zero-order valence-corrected chi connectivity index (χ0v) is 12.9. The fourth-order valence-electron chi connectivity index (χ4n) is 1.32. The van der Waals surface area contributed by atoms with E-state index in [9.17, 15) is 9.59 Å². The molecule has 0 fully saturated rings. The van der Waals surface area contributed by atoms with E-state index in [1.165, 1.54) is 4.90 Å². The van der Waals surface area contributed by atoms with Crippen molar-refractivity contribution < 1.29 is 14.7 Å². The van der Waals surface area contributed by atoms with Crippen LogP contribution < -0.4 is 0 Å². The summed E-state index contributed by atoms with van der Waals surface area (Å²) in [7, 11) is 0. The highest BCUT2D eigenvalue weighted by Gasteiger charge is 2.19. The summed E-state index contributed by atoms with van der Waals surface area (Å²) in [6, 6.07) is 5.35. The number of hydrogen-bond donors (Lipinski definition) is 1. The van der Waals surface area contributed by atoms with Crippen LogP contribution in [0.15, 0.2) is 22.7 Å². The quantitative estimate of drug-likeness (QED) is 0.775. The predicted octanol–water partition coefficient (Wildman–Crippen LogP) is 2.60. The molecular formula is C11H11BrINO3. The second kappa shape index (κ2) is 6.34. The summed E-state index contributed by atoms with van der Waals surface area (Å²) in [4.78, 5) is 24.1. The summed E-state index contributed by atoms with van der Waals surface area (Å²) in [5, 5.41) is 8.73.